The first kappa shape index (κ1) is 14.6. The Balaban J connectivity index is 2.22. The van der Waals surface area contributed by atoms with Crippen LogP contribution in [0.5, 0.6) is 0 Å². The molecule has 0 bridgehead atoms. The Hall–Kier alpha value is -0.790. The Morgan fingerprint density at radius 2 is 1.68 bits per heavy atom. The Morgan fingerprint density at radius 3 is 2.26 bits per heavy atom. The van der Waals surface area contributed by atoms with Crippen molar-refractivity contribution in [3.8, 4) is 0 Å². The lowest BCUT2D eigenvalue weighted by molar-refractivity contribution is 0.733. The first-order valence-corrected chi connectivity index (χ1v) is 8.29. The van der Waals surface area contributed by atoms with Crippen molar-refractivity contribution < 1.29 is 0 Å². The highest BCUT2D eigenvalue weighted by Crippen LogP contribution is 2.35. The highest BCUT2D eigenvalue weighted by atomic mass is 35.5. The summed E-state index contributed by atoms with van der Waals surface area (Å²) in [4.78, 5) is 1.29. The molecule has 1 aromatic carbocycles. The summed E-state index contributed by atoms with van der Waals surface area (Å²) < 4.78 is 0. The summed E-state index contributed by atoms with van der Waals surface area (Å²) in [5, 5.41) is 2.12. The maximum absolute atomic E-state index is 6.63. The van der Waals surface area contributed by atoms with Crippen molar-refractivity contribution in [1.29, 1.82) is 0 Å². The lowest BCUT2D eigenvalue weighted by Crippen LogP contribution is -1.96. The molecule has 0 aliphatic carbocycles. The van der Waals surface area contributed by atoms with Gasteiger partial charge in [-0.1, -0.05) is 45.0 Å². The van der Waals surface area contributed by atoms with Crippen molar-refractivity contribution in [3.63, 3.8) is 0 Å². The van der Waals surface area contributed by atoms with Gasteiger partial charge in [0.1, 0.15) is 0 Å². The number of hydrogen-bond acceptors (Lipinski definition) is 1. The van der Waals surface area contributed by atoms with E-state index in [-0.39, 0.29) is 5.38 Å². The van der Waals surface area contributed by atoms with Crippen molar-refractivity contribution in [2.45, 2.75) is 44.9 Å². The first-order chi connectivity index (χ1) is 9.17. The number of halogens is 1. The standard InChI is InChI=1S/C17H21ClS/c1-4-12(3)14-6-8-15(9-7-14)16(18)17-13(5-2)10-11-19-17/h6-12,16H,4-5H2,1-3H3. The van der Waals surface area contributed by atoms with Gasteiger partial charge in [0.05, 0.1) is 5.38 Å². The fourth-order valence-corrected chi connectivity index (χ4v) is 3.68. The summed E-state index contributed by atoms with van der Waals surface area (Å²) in [6.45, 7) is 6.67. The second-order valence-corrected chi connectivity index (χ2v) is 6.39. The van der Waals surface area contributed by atoms with Crippen LogP contribution in [0.4, 0.5) is 0 Å². The van der Waals surface area contributed by atoms with Crippen LogP contribution in [-0.2, 0) is 6.42 Å². The van der Waals surface area contributed by atoms with E-state index in [9.17, 15) is 0 Å². The van der Waals surface area contributed by atoms with E-state index in [1.165, 1.54) is 28.0 Å². The van der Waals surface area contributed by atoms with Crippen LogP contribution >= 0.6 is 22.9 Å². The van der Waals surface area contributed by atoms with Crippen molar-refractivity contribution in [1.82, 2.24) is 0 Å². The largest absolute Gasteiger partial charge is 0.147 e. The maximum Gasteiger partial charge on any atom is 0.0930 e. The molecule has 0 aliphatic rings. The van der Waals surface area contributed by atoms with Crippen molar-refractivity contribution >= 4 is 22.9 Å². The summed E-state index contributed by atoms with van der Waals surface area (Å²) in [5.41, 5.74) is 3.97. The van der Waals surface area contributed by atoms with E-state index in [4.69, 9.17) is 11.6 Å². The van der Waals surface area contributed by atoms with E-state index in [1.54, 1.807) is 11.3 Å². The topological polar surface area (TPSA) is 0 Å². The Labute approximate surface area is 125 Å². The van der Waals surface area contributed by atoms with Gasteiger partial charge in [0.15, 0.2) is 0 Å². The van der Waals surface area contributed by atoms with Gasteiger partial charge < -0.3 is 0 Å². The van der Waals surface area contributed by atoms with Crippen molar-refractivity contribution in [2.24, 2.45) is 0 Å². The average Bonchev–Trinajstić information content (AvgIpc) is 2.94. The van der Waals surface area contributed by atoms with Gasteiger partial charge in [-0.25, -0.2) is 0 Å². The zero-order chi connectivity index (χ0) is 13.8. The van der Waals surface area contributed by atoms with Gasteiger partial charge in [0.25, 0.3) is 0 Å². The summed E-state index contributed by atoms with van der Waals surface area (Å²) in [7, 11) is 0. The molecule has 19 heavy (non-hydrogen) atoms. The zero-order valence-electron chi connectivity index (χ0n) is 11.8. The molecule has 0 nitrogen and oxygen atoms in total. The molecular formula is C17H21ClS. The van der Waals surface area contributed by atoms with Crippen LogP contribution in [0.3, 0.4) is 0 Å². The van der Waals surface area contributed by atoms with E-state index >= 15 is 0 Å². The van der Waals surface area contributed by atoms with Crippen molar-refractivity contribution in [2.75, 3.05) is 0 Å². The molecule has 0 saturated heterocycles. The molecule has 0 radical (unpaired) electrons. The first-order valence-electron chi connectivity index (χ1n) is 6.97. The molecule has 1 aromatic heterocycles. The van der Waals surface area contributed by atoms with E-state index in [1.807, 2.05) is 0 Å². The molecule has 0 spiro atoms. The quantitative estimate of drug-likeness (QED) is 0.580. The summed E-state index contributed by atoms with van der Waals surface area (Å²) in [6, 6.07) is 11.0. The highest BCUT2D eigenvalue weighted by molar-refractivity contribution is 7.10. The summed E-state index contributed by atoms with van der Waals surface area (Å²) in [5.74, 6) is 0.621. The second-order valence-electron chi connectivity index (χ2n) is 5.00. The van der Waals surface area contributed by atoms with Gasteiger partial charge in [-0.05, 0) is 46.9 Å². The summed E-state index contributed by atoms with van der Waals surface area (Å²) in [6.07, 6.45) is 2.22. The smallest absolute Gasteiger partial charge is 0.0930 e. The number of rotatable bonds is 5. The lowest BCUT2D eigenvalue weighted by atomic mass is 9.96. The predicted octanol–water partition coefficient (Wildman–Crippen LogP) is 6.15. The Kier molecular flexibility index (Phi) is 5.06. The zero-order valence-corrected chi connectivity index (χ0v) is 13.4. The van der Waals surface area contributed by atoms with Gasteiger partial charge in [0.2, 0.25) is 0 Å². The molecule has 2 heteroatoms. The molecule has 0 aliphatic heterocycles. The molecule has 0 amide bonds. The van der Waals surface area contributed by atoms with Crippen LogP contribution in [-0.4, -0.2) is 0 Å². The third-order valence-corrected chi connectivity index (χ3v) is 5.43. The van der Waals surface area contributed by atoms with Gasteiger partial charge in [-0.15, -0.1) is 22.9 Å². The SMILES string of the molecule is CCc1ccsc1C(Cl)c1ccc(C(C)CC)cc1. The molecule has 0 N–H and O–H groups in total. The molecular weight excluding hydrogens is 272 g/mol. The third-order valence-electron chi connectivity index (χ3n) is 3.80. The molecule has 0 fully saturated rings. The van der Waals surface area contributed by atoms with Crippen LogP contribution in [0.25, 0.3) is 0 Å². The minimum Gasteiger partial charge on any atom is -0.147 e. The monoisotopic (exact) mass is 292 g/mol. The van der Waals surface area contributed by atoms with Crippen LogP contribution in [0, 0.1) is 0 Å². The molecule has 1 heterocycles. The van der Waals surface area contributed by atoms with Gasteiger partial charge in [0, 0.05) is 4.88 Å². The minimum absolute atomic E-state index is 0.0130. The van der Waals surface area contributed by atoms with Crippen molar-refractivity contribution in [3.05, 3.63) is 57.3 Å². The van der Waals surface area contributed by atoms with Crippen LogP contribution in [0.15, 0.2) is 35.7 Å². The predicted molar refractivity (Wildman–Crippen MR) is 86.5 cm³/mol. The Morgan fingerprint density at radius 1 is 1.05 bits per heavy atom. The molecule has 0 saturated carbocycles. The summed E-state index contributed by atoms with van der Waals surface area (Å²) >= 11 is 8.39. The number of aryl methyl sites for hydroxylation is 1. The number of hydrogen-bond donors (Lipinski definition) is 0. The highest BCUT2D eigenvalue weighted by Gasteiger charge is 2.15. The second kappa shape index (κ2) is 6.58. The molecule has 2 rings (SSSR count). The fraction of sp³-hybridized carbons (Fsp3) is 0.412. The molecule has 2 aromatic rings. The average molecular weight is 293 g/mol. The Bertz CT molecular complexity index is 512. The number of alkyl halides is 1. The van der Waals surface area contributed by atoms with E-state index in [2.05, 4.69) is 56.5 Å². The maximum atomic E-state index is 6.63. The van der Waals surface area contributed by atoms with Crippen LogP contribution < -0.4 is 0 Å². The fourth-order valence-electron chi connectivity index (χ4n) is 2.24. The molecule has 102 valence electrons. The van der Waals surface area contributed by atoms with E-state index in [0.29, 0.717) is 5.92 Å². The van der Waals surface area contributed by atoms with Crippen LogP contribution in [0.2, 0.25) is 0 Å². The van der Waals surface area contributed by atoms with Gasteiger partial charge in [-0.2, -0.15) is 0 Å². The van der Waals surface area contributed by atoms with E-state index < -0.39 is 0 Å². The number of benzene rings is 1. The normalized spacial score (nSPS) is 14.3. The van der Waals surface area contributed by atoms with E-state index in [0.717, 1.165) is 6.42 Å². The van der Waals surface area contributed by atoms with Gasteiger partial charge in [-0.3, -0.25) is 0 Å². The molecule has 2 atom stereocenters. The minimum atomic E-state index is -0.0130. The third kappa shape index (κ3) is 3.21. The van der Waals surface area contributed by atoms with Crippen LogP contribution in [0.1, 0.15) is 60.1 Å². The number of thiophene rings is 1. The molecule has 2 unspecified atom stereocenters. The lowest BCUT2D eigenvalue weighted by Gasteiger charge is -2.13. The van der Waals surface area contributed by atoms with Gasteiger partial charge >= 0.3 is 0 Å².